The number of rotatable bonds is 9. The van der Waals surface area contributed by atoms with Gasteiger partial charge in [0.15, 0.2) is 6.61 Å². The number of nitrogens with zero attached hydrogens (tertiary/aromatic N) is 1. The van der Waals surface area contributed by atoms with Crippen molar-refractivity contribution in [2.24, 2.45) is 5.10 Å². The highest BCUT2D eigenvalue weighted by atomic mass is 16.5. The predicted octanol–water partition coefficient (Wildman–Crippen LogP) is 4.55. The highest BCUT2D eigenvalue weighted by molar-refractivity contribution is 5.89. The summed E-state index contributed by atoms with van der Waals surface area (Å²) >= 11 is 0. The molecule has 0 fully saturated rings. The number of carbonyl (C=O) groups is 1. The Morgan fingerprint density at radius 1 is 1.00 bits per heavy atom. The van der Waals surface area contributed by atoms with Crippen LogP contribution >= 0.6 is 0 Å². The van der Waals surface area contributed by atoms with E-state index < -0.39 is 0 Å². The van der Waals surface area contributed by atoms with Gasteiger partial charge in [-0.1, -0.05) is 49.7 Å². The Hall–Kier alpha value is -3.34. The van der Waals surface area contributed by atoms with Crippen molar-refractivity contribution in [1.29, 1.82) is 0 Å². The molecule has 5 nitrogen and oxygen atoms in total. The summed E-state index contributed by atoms with van der Waals surface area (Å²) in [5.41, 5.74) is 3.35. The van der Waals surface area contributed by atoms with Gasteiger partial charge in [-0.05, 0) is 47.7 Å². The van der Waals surface area contributed by atoms with Gasteiger partial charge in [-0.3, -0.25) is 4.79 Å². The van der Waals surface area contributed by atoms with E-state index in [0.29, 0.717) is 5.75 Å². The quantitative estimate of drug-likeness (QED) is 0.339. The minimum absolute atomic E-state index is 0.102. The second-order valence-electron chi connectivity index (χ2n) is 6.33. The molecule has 0 radical (unpaired) electrons. The van der Waals surface area contributed by atoms with Crippen molar-refractivity contribution in [2.45, 2.75) is 19.8 Å². The predicted molar refractivity (Wildman–Crippen MR) is 112 cm³/mol. The van der Waals surface area contributed by atoms with Crippen molar-refractivity contribution in [2.75, 3.05) is 13.2 Å². The normalized spacial score (nSPS) is 10.9. The van der Waals surface area contributed by atoms with E-state index in [1.165, 1.54) is 0 Å². The summed E-state index contributed by atoms with van der Waals surface area (Å²) in [5.74, 6) is 1.19. The fourth-order valence-electron chi connectivity index (χ4n) is 2.66. The van der Waals surface area contributed by atoms with Gasteiger partial charge in [0.2, 0.25) is 0 Å². The third-order valence-electron chi connectivity index (χ3n) is 4.16. The molecule has 3 aromatic rings. The fraction of sp³-hybridized carbons (Fsp3) is 0.217. The van der Waals surface area contributed by atoms with E-state index in [2.05, 4.69) is 17.5 Å². The molecule has 144 valence electrons. The zero-order chi connectivity index (χ0) is 19.6. The van der Waals surface area contributed by atoms with E-state index in [1.807, 2.05) is 66.7 Å². The molecule has 0 saturated heterocycles. The molecule has 0 aliphatic carbocycles. The van der Waals surface area contributed by atoms with Crippen LogP contribution in [-0.4, -0.2) is 25.3 Å². The van der Waals surface area contributed by atoms with Gasteiger partial charge in [0.25, 0.3) is 5.91 Å². The molecule has 0 bridgehead atoms. The van der Waals surface area contributed by atoms with Crippen LogP contribution in [0.4, 0.5) is 0 Å². The van der Waals surface area contributed by atoms with Gasteiger partial charge in [0, 0.05) is 5.39 Å². The lowest BCUT2D eigenvalue weighted by Crippen LogP contribution is -2.24. The average Bonchev–Trinajstić information content (AvgIpc) is 2.73. The summed E-state index contributed by atoms with van der Waals surface area (Å²) in [4.78, 5) is 12.0. The third kappa shape index (κ3) is 5.58. The first-order valence-corrected chi connectivity index (χ1v) is 9.41. The van der Waals surface area contributed by atoms with Crippen LogP contribution in [0.3, 0.4) is 0 Å². The largest absolute Gasteiger partial charge is 0.494 e. The Morgan fingerprint density at radius 3 is 2.61 bits per heavy atom. The highest BCUT2D eigenvalue weighted by Gasteiger charge is 2.05. The van der Waals surface area contributed by atoms with Crippen molar-refractivity contribution in [3.8, 4) is 11.5 Å². The maximum absolute atomic E-state index is 12.0. The van der Waals surface area contributed by atoms with E-state index in [-0.39, 0.29) is 12.5 Å². The third-order valence-corrected chi connectivity index (χ3v) is 4.16. The first-order valence-electron chi connectivity index (χ1n) is 9.41. The molecule has 1 N–H and O–H groups in total. The van der Waals surface area contributed by atoms with Crippen molar-refractivity contribution in [3.05, 3.63) is 72.3 Å². The maximum atomic E-state index is 12.0. The number of hydrogen-bond donors (Lipinski definition) is 1. The number of fused-ring (bicyclic) bond motifs is 1. The Morgan fingerprint density at radius 2 is 1.79 bits per heavy atom. The lowest BCUT2D eigenvalue weighted by Gasteiger charge is -2.08. The van der Waals surface area contributed by atoms with Gasteiger partial charge < -0.3 is 9.47 Å². The van der Waals surface area contributed by atoms with E-state index in [1.54, 1.807) is 6.21 Å². The smallest absolute Gasteiger partial charge is 0.277 e. The number of hydrogen-bond acceptors (Lipinski definition) is 4. The summed E-state index contributed by atoms with van der Waals surface area (Å²) in [6, 6.07) is 21.2. The van der Waals surface area contributed by atoms with Gasteiger partial charge in [-0.15, -0.1) is 0 Å². The fourth-order valence-corrected chi connectivity index (χ4v) is 2.66. The Kier molecular flexibility index (Phi) is 7.01. The van der Waals surface area contributed by atoms with Crippen LogP contribution in [-0.2, 0) is 4.79 Å². The summed E-state index contributed by atoms with van der Waals surface area (Å²) in [6.07, 6.45) is 3.73. The van der Waals surface area contributed by atoms with Crippen LogP contribution in [0.1, 0.15) is 25.3 Å². The Labute approximate surface area is 165 Å². The molecule has 1 amide bonds. The highest BCUT2D eigenvalue weighted by Crippen LogP contribution is 2.24. The summed E-state index contributed by atoms with van der Waals surface area (Å²) in [6.45, 7) is 2.75. The molecular formula is C23H24N2O3. The standard InChI is InChI=1S/C23H24N2O3/c1-2-3-15-27-20-13-11-18(12-14-20)16-24-25-23(26)17-28-22-10-6-8-19-7-4-5-9-21(19)22/h4-14,16H,2-3,15,17H2,1H3,(H,25,26)/b24-16-. The van der Waals surface area contributed by atoms with Gasteiger partial charge in [-0.25, -0.2) is 5.43 Å². The number of nitrogens with one attached hydrogen (secondary N) is 1. The molecule has 28 heavy (non-hydrogen) atoms. The molecule has 5 heteroatoms. The molecule has 0 unspecified atom stereocenters. The van der Waals surface area contributed by atoms with Gasteiger partial charge in [-0.2, -0.15) is 5.10 Å². The van der Waals surface area contributed by atoms with Crippen LogP contribution in [0, 0.1) is 0 Å². The second-order valence-corrected chi connectivity index (χ2v) is 6.33. The molecule has 0 atom stereocenters. The summed E-state index contributed by atoms with van der Waals surface area (Å²) < 4.78 is 11.3. The van der Waals surface area contributed by atoms with Crippen LogP contribution < -0.4 is 14.9 Å². The van der Waals surface area contributed by atoms with Gasteiger partial charge in [0.05, 0.1) is 12.8 Å². The van der Waals surface area contributed by atoms with Crippen LogP contribution in [0.2, 0.25) is 0 Å². The van der Waals surface area contributed by atoms with Crippen LogP contribution in [0.15, 0.2) is 71.8 Å². The monoisotopic (exact) mass is 376 g/mol. The first-order chi connectivity index (χ1) is 13.8. The molecule has 0 heterocycles. The number of hydrazone groups is 1. The molecule has 3 aromatic carbocycles. The summed E-state index contributed by atoms with van der Waals surface area (Å²) in [7, 11) is 0. The zero-order valence-electron chi connectivity index (χ0n) is 15.9. The van der Waals surface area contributed by atoms with Crippen molar-refractivity contribution in [1.82, 2.24) is 5.43 Å². The van der Waals surface area contributed by atoms with E-state index in [4.69, 9.17) is 9.47 Å². The lowest BCUT2D eigenvalue weighted by atomic mass is 10.1. The number of carbonyl (C=O) groups excluding carboxylic acids is 1. The SMILES string of the molecule is CCCCOc1ccc(/C=N\NC(=O)COc2cccc3ccccc23)cc1. The molecule has 0 saturated carbocycles. The Balaban J connectivity index is 1.47. The van der Waals surface area contributed by atoms with E-state index >= 15 is 0 Å². The molecule has 3 rings (SSSR count). The zero-order valence-corrected chi connectivity index (χ0v) is 15.9. The number of benzene rings is 3. The molecule has 0 spiro atoms. The topological polar surface area (TPSA) is 59.9 Å². The van der Waals surface area contributed by atoms with E-state index in [9.17, 15) is 4.79 Å². The maximum Gasteiger partial charge on any atom is 0.277 e. The lowest BCUT2D eigenvalue weighted by molar-refractivity contribution is -0.123. The van der Waals surface area contributed by atoms with E-state index in [0.717, 1.165) is 41.5 Å². The minimum Gasteiger partial charge on any atom is -0.494 e. The van der Waals surface area contributed by atoms with Crippen LogP contribution in [0.25, 0.3) is 10.8 Å². The molecule has 0 aromatic heterocycles. The number of amides is 1. The molecular weight excluding hydrogens is 352 g/mol. The minimum atomic E-state index is -0.316. The summed E-state index contributed by atoms with van der Waals surface area (Å²) in [5, 5.41) is 6.02. The molecule has 0 aliphatic rings. The second kappa shape index (κ2) is 10.1. The average molecular weight is 376 g/mol. The number of ether oxygens (including phenoxy) is 2. The van der Waals surface area contributed by atoms with Crippen LogP contribution in [0.5, 0.6) is 11.5 Å². The Bertz CT molecular complexity index is 931. The van der Waals surface area contributed by atoms with Crippen molar-refractivity contribution < 1.29 is 14.3 Å². The van der Waals surface area contributed by atoms with Crippen molar-refractivity contribution >= 4 is 22.9 Å². The number of unbranched alkanes of at least 4 members (excludes halogenated alkanes) is 1. The molecule has 0 aliphatic heterocycles. The van der Waals surface area contributed by atoms with Gasteiger partial charge in [0.1, 0.15) is 11.5 Å². The van der Waals surface area contributed by atoms with Gasteiger partial charge >= 0.3 is 0 Å². The first kappa shape index (κ1) is 19.4. The van der Waals surface area contributed by atoms with Crippen molar-refractivity contribution in [3.63, 3.8) is 0 Å².